The number of methoxy groups -OCH3 is 1. The van der Waals surface area contributed by atoms with Crippen LogP contribution in [-0.2, 0) is 4.79 Å². The lowest BCUT2D eigenvalue weighted by Crippen LogP contribution is -2.52. The smallest absolute Gasteiger partial charge is 0.221 e. The number of amides is 1. The van der Waals surface area contributed by atoms with Gasteiger partial charge in [0, 0.05) is 45.7 Å². The van der Waals surface area contributed by atoms with Crippen molar-refractivity contribution in [3.05, 3.63) is 24.3 Å². The Bertz CT molecular complexity index is 612. The van der Waals surface area contributed by atoms with E-state index in [4.69, 9.17) is 4.74 Å². The molecule has 0 radical (unpaired) electrons. The van der Waals surface area contributed by atoms with Crippen LogP contribution in [0, 0.1) is 0 Å². The van der Waals surface area contributed by atoms with Crippen LogP contribution in [0.5, 0.6) is 5.75 Å². The van der Waals surface area contributed by atoms with E-state index in [0.717, 1.165) is 63.1 Å². The molecule has 150 valence electrons. The highest BCUT2D eigenvalue weighted by atomic mass is 16.5. The molecular formula is C20H33N5O2. The number of hydrogen-bond acceptors (Lipinski definition) is 4. The number of rotatable bonds is 8. The number of guanidine groups is 1. The number of para-hydroxylation sites is 2. The van der Waals surface area contributed by atoms with Gasteiger partial charge in [-0.3, -0.25) is 9.79 Å². The first-order valence-electron chi connectivity index (χ1n) is 9.87. The number of piperazine rings is 1. The van der Waals surface area contributed by atoms with Crippen molar-refractivity contribution >= 4 is 17.6 Å². The van der Waals surface area contributed by atoms with Crippen LogP contribution in [0.4, 0.5) is 5.69 Å². The lowest BCUT2D eigenvalue weighted by atomic mass is 10.2. The Morgan fingerprint density at radius 2 is 1.89 bits per heavy atom. The van der Waals surface area contributed by atoms with Gasteiger partial charge >= 0.3 is 0 Å². The van der Waals surface area contributed by atoms with Gasteiger partial charge in [0.25, 0.3) is 0 Å². The molecule has 7 heteroatoms. The molecule has 1 aliphatic rings. The van der Waals surface area contributed by atoms with Gasteiger partial charge in [0.05, 0.1) is 19.3 Å². The van der Waals surface area contributed by atoms with E-state index < -0.39 is 0 Å². The zero-order valence-electron chi connectivity index (χ0n) is 16.8. The molecule has 0 atom stereocenters. The average Bonchev–Trinajstić information content (AvgIpc) is 2.71. The number of carbonyl (C=O) groups excluding carboxylic acids is 1. The van der Waals surface area contributed by atoms with Crippen LogP contribution >= 0.6 is 0 Å². The fourth-order valence-electron chi connectivity index (χ4n) is 3.09. The molecule has 0 bridgehead atoms. The summed E-state index contributed by atoms with van der Waals surface area (Å²) in [7, 11) is 1.71. The quantitative estimate of drug-likeness (QED) is 0.535. The Kier molecular flexibility index (Phi) is 8.74. The maximum absolute atomic E-state index is 11.7. The molecule has 2 N–H and O–H groups in total. The summed E-state index contributed by atoms with van der Waals surface area (Å²) in [6.45, 7) is 9.73. The molecule has 1 saturated heterocycles. The third kappa shape index (κ3) is 6.34. The number of benzene rings is 1. The van der Waals surface area contributed by atoms with E-state index in [0.29, 0.717) is 13.0 Å². The van der Waals surface area contributed by atoms with Crippen molar-refractivity contribution in [1.29, 1.82) is 0 Å². The van der Waals surface area contributed by atoms with Crippen molar-refractivity contribution < 1.29 is 9.53 Å². The average molecular weight is 376 g/mol. The molecule has 1 aromatic rings. The topological polar surface area (TPSA) is 69.2 Å². The van der Waals surface area contributed by atoms with Crippen molar-refractivity contribution in [1.82, 2.24) is 15.5 Å². The molecule has 7 nitrogen and oxygen atoms in total. The van der Waals surface area contributed by atoms with E-state index in [1.54, 1.807) is 7.11 Å². The number of nitrogens with zero attached hydrogens (tertiary/aromatic N) is 3. The van der Waals surface area contributed by atoms with Gasteiger partial charge in [0.2, 0.25) is 5.91 Å². The Hall–Kier alpha value is -2.44. The molecule has 2 rings (SSSR count). The van der Waals surface area contributed by atoms with Crippen LogP contribution in [0.2, 0.25) is 0 Å². The Morgan fingerprint density at radius 1 is 1.15 bits per heavy atom. The van der Waals surface area contributed by atoms with Crippen LogP contribution in [0.25, 0.3) is 0 Å². The molecule has 0 saturated carbocycles. The van der Waals surface area contributed by atoms with Crippen LogP contribution in [0.3, 0.4) is 0 Å². The van der Waals surface area contributed by atoms with Gasteiger partial charge in [0.15, 0.2) is 5.96 Å². The molecule has 1 aromatic carbocycles. The van der Waals surface area contributed by atoms with E-state index in [-0.39, 0.29) is 5.91 Å². The van der Waals surface area contributed by atoms with E-state index in [2.05, 4.69) is 38.4 Å². The summed E-state index contributed by atoms with van der Waals surface area (Å²) in [5.74, 6) is 1.86. The van der Waals surface area contributed by atoms with Crippen LogP contribution in [0.1, 0.15) is 26.7 Å². The second-order valence-electron chi connectivity index (χ2n) is 6.48. The van der Waals surface area contributed by atoms with Gasteiger partial charge < -0.3 is 25.2 Å². The Balaban J connectivity index is 1.90. The summed E-state index contributed by atoms with van der Waals surface area (Å²) in [4.78, 5) is 21.0. The molecule has 1 fully saturated rings. The van der Waals surface area contributed by atoms with Crippen molar-refractivity contribution in [2.75, 3.05) is 57.8 Å². The van der Waals surface area contributed by atoms with Crippen molar-refractivity contribution in [2.24, 2.45) is 4.99 Å². The first kappa shape index (κ1) is 20.9. The first-order valence-corrected chi connectivity index (χ1v) is 9.87. The number of aliphatic imine (C=N–C) groups is 1. The normalized spacial score (nSPS) is 14.9. The zero-order chi connectivity index (χ0) is 19.5. The monoisotopic (exact) mass is 375 g/mol. The van der Waals surface area contributed by atoms with E-state index in [1.807, 2.05) is 25.1 Å². The summed E-state index contributed by atoms with van der Waals surface area (Å²) >= 11 is 0. The number of ether oxygens (including phenoxy) is 1. The zero-order valence-corrected chi connectivity index (χ0v) is 16.8. The maximum Gasteiger partial charge on any atom is 0.221 e. The van der Waals surface area contributed by atoms with Gasteiger partial charge in [-0.05, 0) is 25.5 Å². The molecule has 0 spiro atoms. The fourth-order valence-corrected chi connectivity index (χ4v) is 3.09. The second kappa shape index (κ2) is 11.3. The molecule has 1 heterocycles. The van der Waals surface area contributed by atoms with Gasteiger partial charge in [-0.25, -0.2) is 0 Å². The highest BCUT2D eigenvalue weighted by Crippen LogP contribution is 2.28. The van der Waals surface area contributed by atoms with E-state index >= 15 is 0 Å². The van der Waals surface area contributed by atoms with E-state index in [9.17, 15) is 4.79 Å². The first-order chi connectivity index (χ1) is 13.2. The van der Waals surface area contributed by atoms with Gasteiger partial charge in [-0.2, -0.15) is 0 Å². The van der Waals surface area contributed by atoms with Crippen LogP contribution in [-0.4, -0.2) is 69.7 Å². The van der Waals surface area contributed by atoms with E-state index in [1.165, 1.54) is 0 Å². The van der Waals surface area contributed by atoms with Gasteiger partial charge in [-0.1, -0.05) is 19.1 Å². The standard InChI is InChI=1S/C20H33N5O2/c1-4-11-22-19(26)10-12-23-20(21-5-2)25-15-13-24(14-16-25)17-8-6-7-9-18(17)27-3/h6-9H,4-5,10-16H2,1-3H3,(H,21,23)(H,22,26). The van der Waals surface area contributed by atoms with Crippen molar-refractivity contribution in [3.63, 3.8) is 0 Å². The molecule has 1 amide bonds. The minimum atomic E-state index is 0.0671. The maximum atomic E-state index is 11.7. The molecule has 0 unspecified atom stereocenters. The number of hydrogen-bond donors (Lipinski definition) is 2. The summed E-state index contributed by atoms with van der Waals surface area (Å²) in [5, 5.41) is 6.24. The van der Waals surface area contributed by atoms with Crippen LogP contribution in [0.15, 0.2) is 29.3 Å². The molecule has 27 heavy (non-hydrogen) atoms. The van der Waals surface area contributed by atoms with Crippen LogP contribution < -0.4 is 20.3 Å². The SMILES string of the molecule is CCCNC(=O)CCN=C(NCC)N1CCN(c2ccccc2OC)CC1. The Labute approximate surface area is 162 Å². The van der Waals surface area contributed by atoms with Crippen molar-refractivity contribution in [3.8, 4) is 5.75 Å². The number of anilines is 1. The molecular weight excluding hydrogens is 342 g/mol. The van der Waals surface area contributed by atoms with Crippen molar-refractivity contribution in [2.45, 2.75) is 26.7 Å². The predicted octanol–water partition coefficient (Wildman–Crippen LogP) is 1.70. The Morgan fingerprint density at radius 3 is 2.56 bits per heavy atom. The fraction of sp³-hybridized carbons (Fsp3) is 0.600. The van der Waals surface area contributed by atoms with Gasteiger partial charge in [-0.15, -0.1) is 0 Å². The minimum Gasteiger partial charge on any atom is -0.495 e. The summed E-state index contributed by atoms with van der Waals surface area (Å²) in [6, 6.07) is 8.13. The lowest BCUT2D eigenvalue weighted by molar-refractivity contribution is -0.120. The lowest BCUT2D eigenvalue weighted by Gasteiger charge is -2.38. The number of nitrogens with one attached hydrogen (secondary N) is 2. The molecule has 0 aromatic heterocycles. The third-order valence-corrected chi connectivity index (χ3v) is 4.51. The summed E-state index contributed by atoms with van der Waals surface area (Å²) in [6.07, 6.45) is 1.38. The minimum absolute atomic E-state index is 0.0671. The summed E-state index contributed by atoms with van der Waals surface area (Å²) in [5.41, 5.74) is 1.13. The highest BCUT2D eigenvalue weighted by molar-refractivity contribution is 5.81. The third-order valence-electron chi connectivity index (χ3n) is 4.51. The largest absolute Gasteiger partial charge is 0.495 e. The molecule has 1 aliphatic heterocycles. The summed E-state index contributed by atoms with van der Waals surface area (Å²) < 4.78 is 5.49. The second-order valence-corrected chi connectivity index (χ2v) is 6.48. The molecule has 0 aliphatic carbocycles. The van der Waals surface area contributed by atoms with Gasteiger partial charge in [0.1, 0.15) is 5.75 Å². The highest BCUT2D eigenvalue weighted by Gasteiger charge is 2.21. The predicted molar refractivity (Wildman–Crippen MR) is 111 cm³/mol. The number of carbonyl (C=O) groups is 1.